The average molecular weight is 388 g/mol. The Labute approximate surface area is 126 Å². The molecule has 0 fully saturated rings. The van der Waals surface area contributed by atoms with Crippen LogP contribution in [0.1, 0.15) is 17.3 Å². The third-order valence-electron chi connectivity index (χ3n) is 2.44. The summed E-state index contributed by atoms with van der Waals surface area (Å²) in [5, 5.41) is 0. The number of carbonyl (C=O) groups excluding carboxylic acids is 1. The molecule has 0 heterocycles. The number of rotatable bonds is 3. The molecule has 0 saturated carbocycles. The van der Waals surface area contributed by atoms with Gasteiger partial charge in [0, 0.05) is 8.95 Å². The van der Waals surface area contributed by atoms with Crippen LogP contribution >= 0.6 is 31.9 Å². The molecule has 0 saturated heterocycles. The first-order valence-corrected chi connectivity index (χ1v) is 6.99. The summed E-state index contributed by atoms with van der Waals surface area (Å²) in [6, 6.07) is 9.40. The van der Waals surface area contributed by atoms with E-state index in [9.17, 15) is 9.18 Å². The van der Waals surface area contributed by atoms with E-state index < -0.39 is 5.82 Å². The maximum Gasteiger partial charge on any atom is 0.165 e. The van der Waals surface area contributed by atoms with Crippen LogP contribution in [-0.2, 0) is 0 Å². The van der Waals surface area contributed by atoms with Crippen molar-refractivity contribution in [2.75, 3.05) is 0 Å². The molecule has 0 aromatic heterocycles. The minimum atomic E-state index is -0.488. The topological polar surface area (TPSA) is 26.3 Å². The van der Waals surface area contributed by atoms with Crippen LogP contribution in [0.2, 0.25) is 0 Å². The summed E-state index contributed by atoms with van der Waals surface area (Å²) in [6.45, 7) is 1.44. The molecule has 5 heteroatoms. The van der Waals surface area contributed by atoms with E-state index in [1.165, 1.54) is 19.1 Å². The average Bonchev–Trinajstić information content (AvgIpc) is 2.33. The predicted octanol–water partition coefficient (Wildman–Crippen LogP) is 5.35. The molecule has 0 amide bonds. The first kappa shape index (κ1) is 14.2. The summed E-state index contributed by atoms with van der Waals surface area (Å²) in [5.41, 5.74) is 0.405. The summed E-state index contributed by atoms with van der Waals surface area (Å²) in [7, 11) is 0. The molecule has 0 bridgehead atoms. The molecule has 0 unspecified atom stereocenters. The van der Waals surface area contributed by atoms with Crippen LogP contribution in [-0.4, -0.2) is 5.78 Å². The Hall–Kier alpha value is -1.20. The maximum absolute atomic E-state index is 13.6. The van der Waals surface area contributed by atoms with Gasteiger partial charge in [-0.2, -0.15) is 0 Å². The van der Waals surface area contributed by atoms with Gasteiger partial charge >= 0.3 is 0 Å². The van der Waals surface area contributed by atoms with Crippen molar-refractivity contribution >= 4 is 37.6 Å². The second-order valence-corrected chi connectivity index (χ2v) is 5.70. The van der Waals surface area contributed by atoms with Crippen LogP contribution in [0.25, 0.3) is 0 Å². The highest BCUT2D eigenvalue weighted by Crippen LogP contribution is 2.32. The van der Waals surface area contributed by atoms with Crippen molar-refractivity contribution < 1.29 is 13.9 Å². The molecule has 0 radical (unpaired) electrons. The summed E-state index contributed by atoms with van der Waals surface area (Å²) in [6.07, 6.45) is 0. The number of hydrogen-bond acceptors (Lipinski definition) is 2. The van der Waals surface area contributed by atoms with Gasteiger partial charge in [-0.25, -0.2) is 4.39 Å². The van der Waals surface area contributed by atoms with Gasteiger partial charge in [0.25, 0.3) is 0 Å². The zero-order valence-corrected chi connectivity index (χ0v) is 13.1. The van der Waals surface area contributed by atoms with E-state index in [4.69, 9.17) is 4.74 Å². The molecule has 2 aromatic rings. The lowest BCUT2D eigenvalue weighted by molar-refractivity contribution is 0.101. The molecule has 0 aliphatic carbocycles. The molecule has 0 atom stereocenters. The predicted molar refractivity (Wildman–Crippen MR) is 78.3 cm³/mol. The van der Waals surface area contributed by atoms with Gasteiger partial charge in [0.2, 0.25) is 0 Å². The Morgan fingerprint density at radius 1 is 1.05 bits per heavy atom. The van der Waals surface area contributed by atoms with Crippen molar-refractivity contribution in [2.24, 2.45) is 0 Å². The Balaban J connectivity index is 2.45. The van der Waals surface area contributed by atoms with Crippen molar-refractivity contribution in [3.8, 4) is 11.5 Å². The minimum absolute atomic E-state index is 0.0648. The number of ether oxygens (including phenoxy) is 1. The summed E-state index contributed by atoms with van der Waals surface area (Å²) >= 11 is 6.55. The Morgan fingerprint density at radius 3 is 2.26 bits per heavy atom. The fourth-order valence-corrected chi connectivity index (χ4v) is 2.23. The highest BCUT2D eigenvalue weighted by Gasteiger charge is 2.12. The van der Waals surface area contributed by atoms with Gasteiger partial charge in [-0.1, -0.05) is 31.9 Å². The van der Waals surface area contributed by atoms with Crippen LogP contribution in [0.5, 0.6) is 11.5 Å². The van der Waals surface area contributed by atoms with E-state index in [0.717, 1.165) is 4.47 Å². The summed E-state index contributed by atoms with van der Waals surface area (Å²) in [5.74, 6) is -0.246. The molecule has 2 nitrogen and oxygen atoms in total. The Kier molecular flexibility index (Phi) is 4.37. The SMILES string of the molecule is CC(=O)c1ccc(Br)cc1Oc1cc(Br)ccc1F. The molecule has 19 heavy (non-hydrogen) atoms. The third-order valence-corrected chi connectivity index (χ3v) is 3.42. The number of ketones is 1. The van der Waals surface area contributed by atoms with E-state index in [2.05, 4.69) is 31.9 Å². The second kappa shape index (κ2) is 5.84. The molecule has 0 spiro atoms. The van der Waals surface area contributed by atoms with E-state index in [-0.39, 0.29) is 11.5 Å². The maximum atomic E-state index is 13.6. The Bertz CT molecular complexity index is 641. The summed E-state index contributed by atoms with van der Waals surface area (Å²) in [4.78, 5) is 11.5. The van der Waals surface area contributed by atoms with Crippen LogP contribution in [0, 0.1) is 5.82 Å². The van der Waals surface area contributed by atoms with Crippen LogP contribution in [0.3, 0.4) is 0 Å². The van der Waals surface area contributed by atoms with Crippen LogP contribution in [0.15, 0.2) is 45.3 Å². The molecular formula is C14H9Br2FO2. The van der Waals surface area contributed by atoms with Crippen molar-refractivity contribution in [1.29, 1.82) is 0 Å². The molecule has 0 aliphatic heterocycles. The smallest absolute Gasteiger partial charge is 0.165 e. The number of Topliss-reactive ketones (excluding diaryl/α,β-unsaturated/α-hetero) is 1. The first-order chi connectivity index (χ1) is 8.97. The fourth-order valence-electron chi connectivity index (χ4n) is 1.55. The lowest BCUT2D eigenvalue weighted by Gasteiger charge is -2.11. The fraction of sp³-hybridized carbons (Fsp3) is 0.0714. The molecule has 98 valence electrons. The lowest BCUT2D eigenvalue weighted by atomic mass is 10.1. The monoisotopic (exact) mass is 386 g/mol. The van der Waals surface area contributed by atoms with E-state index in [0.29, 0.717) is 15.8 Å². The first-order valence-electron chi connectivity index (χ1n) is 5.41. The largest absolute Gasteiger partial charge is 0.453 e. The number of carbonyl (C=O) groups is 1. The Morgan fingerprint density at radius 2 is 1.63 bits per heavy atom. The third kappa shape index (κ3) is 3.42. The number of benzene rings is 2. The van der Waals surface area contributed by atoms with Gasteiger partial charge in [-0.15, -0.1) is 0 Å². The van der Waals surface area contributed by atoms with Crippen LogP contribution in [0.4, 0.5) is 4.39 Å². The molecule has 2 rings (SSSR count). The van der Waals surface area contributed by atoms with Gasteiger partial charge in [0.15, 0.2) is 17.3 Å². The van der Waals surface area contributed by atoms with Gasteiger partial charge < -0.3 is 4.74 Å². The van der Waals surface area contributed by atoms with Crippen molar-refractivity contribution in [1.82, 2.24) is 0 Å². The molecular weight excluding hydrogens is 379 g/mol. The minimum Gasteiger partial charge on any atom is -0.453 e. The molecule has 0 N–H and O–H groups in total. The second-order valence-electron chi connectivity index (χ2n) is 3.87. The number of hydrogen-bond donors (Lipinski definition) is 0. The lowest BCUT2D eigenvalue weighted by Crippen LogP contribution is -1.98. The van der Waals surface area contributed by atoms with Crippen molar-refractivity contribution in [3.05, 3.63) is 56.7 Å². The number of halogens is 3. The van der Waals surface area contributed by atoms with Crippen molar-refractivity contribution in [3.63, 3.8) is 0 Å². The van der Waals surface area contributed by atoms with Gasteiger partial charge in [0.05, 0.1) is 5.56 Å². The zero-order chi connectivity index (χ0) is 14.0. The van der Waals surface area contributed by atoms with E-state index in [1.807, 2.05) is 0 Å². The van der Waals surface area contributed by atoms with E-state index in [1.54, 1.807) is 24.3 Å². The normalized spacial score (nSPS) is 10.3. The van der Waals surface area contributed by atoms with Gasteiger partial charge in [0.1, 0.15) is 5.75 Å². The van der Waals surface area contributed by atoms with Gasteiger partial charge in [-0.05, 0) is 43.3 Å². The highest BCUT2D eigenvalue weighted by molar-refractivity contribution is 9.10. The molecule has 2 aromatic carbocycles. The quantitative estimate of drug-likeness (QED) is 0.664. The van der Waals surface area contributed by atoms with Gasteiger partial charge in [-0.3, -0.25) is 4.79 Å². The van der Waals surface area contributed by atoms with Crippen LogP contribution < -0.4 is 4.74 Å². The van der Waals surface area contributed by atoms with E-state index >= 15 is 0 Å². The standard InChI is InChI=1S/C14H9Br2FO2/c1-8(18)11-4-2-9(15)6-13(11)19-14-7-10(16)3-5-12(14)17/h2-7H,1H3. The molecule has 0 aliphatic rings. The highest BCUT2D eigenvalue weighted by atomic mass is 79.9. The summed E-state index contributed by atoms with van der Waals surface area (Å²) < 4.78 is 20.6. The van der Waals surface area contributed by atoms with Crippen molar-refractivity contribution in [2.45, 2.75) is 6.92 Å². The zero-order valence-electron chi connectivity index (χ0n) is 9.91.